The molecule has 5 nitrogen and oxygen atoms in total. The summed E-state index contributed by atoms with van der Waals surface area (Å²) in [5, 5.41) is -0.216. The van der Waals surface area contributed by atoms with Gasteiger partial charge in [0, 0.05) is 6.04 Å². The quantitative estimate of drug-likeness (QED) is 0.582. The van der Waals surface area contributed by atoms with Crippen molar-refractivity contribution < 1.29 is 17.6 Å². The third kappa shape index (κ3) is 4.27. The number of aldehydes is 1. The lowest BCUT2D eigenvalue weighted by atomic mass is 10.1. The van der Waals surface area contributed by atoms with Crippen molar-refractivity contribution in [3.05, 3.63) is 17.9 Å². The van der Waals surface area contributed by atoms with E-state index < -0.39 is 10.0 Å². The second kappa shape index (κ2) is 6.70. The van der Waals surface area contributed by atoms with Crippen LogP contribution in [0, 0.1) is 0 Å². The van der Waals surface area contributed by atoms with E-state index in [9.17, 15) is 13.2 Å². The first-order chi connectivity index (χ1) is 8.49. The fourth-order valence-electron chi connectivity index (χ4n) is 1.62. The number of sulfonamides is 1. The molecule has 0 saturated carbocycles. The van der Waals surface area contributed by atoms with Crippen LogP contribution in [0.4, 0.5) is 0 Å². The molecule has 0 spiro atoms. The van der Waals surface area contributed by atoms with Gasteiger partial charge in [-0.3, -0.25) is 4.79 Å². The lowest BCUT2D eigenvalue weighted by Crippen LogP contribution is -2.32. The predicted molar refractivity (Wildman–Crippen MR) is 68.0 cm³/mol. The van der Waals surface area contributed by atoms with Crippen LogP contribution >= 0.6 is 0 Å². The largest absolute Gasteiger partial charge is 0.440 e. The maximum Gasteiger partial charge on any atom is 0.274 e. The first kappa shape index (κ1) is 14.9. The highest BCUT2D eigenvalue weighted by Crippen LogP contribution is 2.14. The third-order valence-electron chi connectivity index (χ3n) is 2.58. The van der Waals surface area contributed by atoms with Gasteiger partial charge in [-0.25, -0.2) is 13.1 Å². The molecule has 1 aromatic rings. The Hall–Kier alpha value is -1.14. The number of furan rings is 1. The van der Waals surface area contributed by atoms with Crippen LogP contribution in [-0.4, -0.2) is 20.7 Å². The zero-order valence-electron chi connectivity index (χ0n) is 10.7. The summed E-state index contributed by atoms with van der Waals surface area (Å²) in [6.45, 7) is 3.91. The van der Waals surface area contributed by atoms with E-state index in [0.717, 1.165) is 25.7 Å². The molecule has 0 aromatic carbocycles. The maximum atomic E-state index is 11.9. The molecule has 0 aliphatic rings. The van der Waals surface area contributed by atoms with Crippen LogP contribution in [0.2, 0.25) is 0 Å². The van der Waals surface area contributed by atoms with Gasteiger partial charge in [0.25, 0.3) is 10.0 Å². The van der Waals surface area contributed by atoms with Crippen LogP contribution < -0.4 is 4.72 Å². The summed E-state index contributed by atoms with van der Waals surface area (Å²) in [6.07, 6.45) is 4.43. The number of hydrogen-bond donors (Lipinski definition) is 1. The summed E-state index contributed by atoms with van der Waals surface area (Å²) in [5.74, 6) is 0.00834. The van der Waals surface area contributed by atoms with Gasteiger partial charge in [-0.2, -0.15) is 0 Å². The summed E-state index contributed by atoms with van der Waals surface area (Å²) < 4.78 is 31.2. The van der Waals surface area contributed by atoms with Crippen LogP contribution in [0.15, 0.2) is 21.6 Å². The van der Waals surface area contributed by atoms with E-state index in [2.05, 4.69) is 11.6 Å². The van der Waals surface area contributed by atoms with Crippen LogP contribution in [0.1, 0.15) is 50.1 Å². The van der Waals surface area contributed by atoms with Gasteiger partial charge in [-0.1, -0.05) is 26.2 Å². The molecule has 1 rings (SSSR count). The van der Waals surface area contributed by atoms with Crippen molar-refractivity contribution in [2.45, 2.75) is 50.7 Å². The first-order valence-corrected chi connectivity index (χ1v) is 7.55. The highest BCUT2D eigenvalue weighted by molar-refractivity contribution is 7.89. The normalized spacial score (nSPS) is 13.4. The van der Waals surface area contributed by atoms with Crippen LogP contribution in [-0.2, 0) is 10.0 Å². The molecule has 1 aromatic heterocycles. The van der Waals surface area contributed by atoms with Crippen LogP contribution in [0.3, 0.4) is 0 Å². The number of carbonyl (C=O) groups is 1. The van der Waals surface area contributed by atoms with Crippen molar-refractivity contribution >= 4 is 16.3 Å². The Kier molecular flexibility index (Phi) is 5.55. The van der Waals surface area contributed by atoms with Crippen LogP contribution in [0.25, 0.3) is 0 Å². The topological polar surface area (TPSA) is 76.4 Å². The SMILES string of the molecule is CCCCCC(C)NS(=O)(=O)c1ccc(C=O)o1. The molecule has 1 atom stereocenters. The number of rotatable bonds is 8. The molecule has 0 aliphatic heterocycles. The molecule has 102 valence electrons. The van der Waals surface area contributed by atoms with E-state index in [1.165, 1.54) is 12.1 Å². The molecule has 0 amide bonds. The molecule has 0 radical (unpaired) electrons. The van der Waals surface area contributed by atoms with Crippen molar-refractivity contribution in [3.63, 3.8) is 0 Å². The number of unbranched alkanes of at least 4 members (excludes halogenated alkanes) is 2. The standard InChI is InChI=1S/C12H19NO4S/c1-3-4-5-6-10(2)13-18(15,16)12-8-7-11(9-14)17-12/h7-10,13H,3-6H2,1-2H3. The Morgan fingerprint density at radius 3 is 2.67 bits per heavy atom. The fraction of sp³-hybridized carbons (Fsp3) is 0.583. The Balaban J connectivity index is 2.61. The fourth-order valence-corrected chi connectivity index (χ4v) is 2.84. The molecule has 0 fully saturated rings. The van der Waals surface area contributed by atoms with E-state index in [1.54, 1.807) is 0 Å². The minimum absolute atomic E-state index is 0.00834. The van der Waals surface area contributed by atoms with Gasteiger partial charge < -0.3 is 4.42 Å². The summed E-state index contributed by atoms with van der Waals surface area (Å²) in [4.78, 5) is 10.4. The Morgan fingerprint density at radius 1 is 1.39 bits per heavy atom. The molecular formula is C12H19NO4S. The third-order valence-corrected chi connectivity index (χ3v) is 4.04. The van der Waals surface area contributed by atoms with Crippen LogP contribution in [0.5, 0.6) is 0 Å². The summed E-state index contributed by atoms with van der Waals surface area (Å²) in [5.41, 5.74) is 0. The highest BCUT2D eigenvalue weighted by atomic mass is 32.2. The van der Waals surface area contributed by atoms with Crippen molar-refractivity contribution in [2.75, 3.05) is 0 Å². The molecule has 18 heavy (non-hydrogen) atoms. The minimum Gasteiger partial charge on any atom is -0.440 e. The smallest absolute Gasteiger partial charge is 0.274 e. The zero-order valence-corrected chi connectivity index (χ0v) is 11.5. The van der Waals surface area contributed by atoms with Crippen molar-refractivity contribution in [1.29, 1.82) is 0 Å². The van der Waals surface area contributed by atoms with Crippen molar-refractivity contribution in [2.24, 2.45) is 0 Å². The van der Waals surface area contributed by atoms with Gasteiger partial charge in [0.05, 0.1) is 0 Å². The molecule has 0 saturated heterocycles. The zero-order chi connectivity index (χ0) is 13.6. The van der Waals surface area contributed by atoms with Gasteiger partial charge in [0.2, 0.25) is 5.09 Å². The molecule has 1 heterocycles. The molecule has 1 unspecified atom stereocenters. The second-order valence-corrected chi connectivity index (χ2v) is 5.94. The Bertz CT molecular complexity index is 478. The number of carbonyl (C=O) groups excluding carboxylic acids is 1. The average Bonchev–Trinajstić information content (AvgIpc) is 2.78. The second-order valence-electron chi connectivity index (χ2n) is 4.29. The number of nitrogens with one attached hydrogen (secondary N) is 1. The number of hydrogen-bond acceptors (Lipinski definition) is 4. The van der Waals surface area contributed by atoms with E-state index in [0.29, 0.717) is 6.29 Å². The minimum atomic E-state index is -3.66. The summed E-state index contributed by atoms with van der Waals surface area (Å²) in [7, 11) is -3.66. The van der Waals surface area contributed by atoms with Gasteiger partial charge >= 0.3 is 0 Å². The van der Waals surface area contributed by atoms with Crippen molar-refractivity contribution in [1.82, 2.24) is 4.72 Å². The van der Waals surface area contributed by atoms with Gasteiger partial charge in [0.15, 0.2) is 12.0 Å². The monoisotopic (exact) mass is 273 g/mol. The van der Waals surface area contributed by atoms with Gasteiger partial charge in [-0.05, 0) is 25.5 Å². The first-order valence-electron chi connectivity index (χ1n) is 6.07. The van der Waals surface area contributed by atoms with E-state index in [4.69, 9.17) is 4.42 Å². The lowest BCUT2D eigenvalue weighted by Gasteiger charge is -2.12. The summed E-state index contributed by atoms with van der Waals surface area (Å²) >= 11 is 0. The molecule has 1 N–H and O–H groups in total. The maximum absolute atomic E-state index is 11.9. The highest BCUT2D eigenvalue weighted by Gasteiger charge is 2.20. The van der Waals surface area contributed by atoms with Gasteiger partial charge in [-0.15, -0.1) is 0 Å². The van der Waals surface area contributed by atoms with E-state index in [1.807, 2.05) is 6.92 Å². The Morgan fingerprint density at radius 2 is 2.11 bits per heavy atom. The van der Waals surface area contributed by atoms with E-state index in [-0.39, 0.29) is 16.9 Å². The predicted octanol–water partition coefficient (Wildman–Crippen LogP) is 2.34. The lowest BCUT2D eigenvalue weighted by molar-refractivity contribution is 0.109. The molecule has 0 aliphatic carbocycles. The summed E-state index contributed by atoms with van der Waals surface area (Å²) in [6, 6.07) is 2.47. The molecule has 0 bridgehead atoms. The molecular weight excluding hydrogens is 254 g/mol. The van der Waals surface area contributed by atoms with Crippen molar-refractivity contribution in [3.8, 4) is 0 Å². The van der Waals surface area contributed by atoms with E-state index >= 15 is 0 Å². The van der Waals surface area contributed by atoms with Gasteiger partial charge in [0.1, 0.15) is 0 Å². The average molecular weight is 273 g/mol. The molecule has 6 heteroatoms. The Labute approximate surface area is 108 Å².